The minimum atomic E-state index is 0.583. The predicted molar refractivity (Wildman–Crippen MR) is 121 cm³/mol. The van der Waals surface area contributed by atoms with Crippen LogP contribution >= 0.6 is 0 Å². The van der Waals surface area contributed by atoms with Crippen molar-refractivity contribution in [2.75, 3.05) is 4.90 Å². The van der Waals surface area contributed by atoms with Crippen LogP contribution in [0.5, 0.6) is 0 Å². The number of rotatable bonds is 14. The molecular formula is C26H39N. The van der Waals surface area contributed by atoms with E-state index in [0.29, 0.717) is 6.04 Å². The van der Waals surface area contributed by atoms with E-state index >= 15 is 0 Å². The van der Waals surface area contributed by atoms with E-state index < -0.39 is 0 Å². The highest BCUT2D eigenvalue weighted by atomic mass is 15.2. The molecular weight excluding hydrogens is 326 g/mol. The number of benzene rings is 2. The maximum Gasteiger partial charge on any atom is 0.0413 e. The van der Waals surface area contributed by atoms with E-state index in [1.54, 1.807) is 0 Å². The third-order valence-electron chi connectivity index (χ3n) is 5.45. The van der Waals surface area contributed by atoms with Crippen LogP contribution in [0.2, 0.25) is 0 Å². The molecule has 0 saturated heterocycles. The fourth-order valence-electron chi connectivity index (χ4n) is 4.00. The van der Waals surface area contributed by atoms with Crippen molar-refractivity contribution < 1.29 is 0 Å². The van der Waals surface area contributed by atoms with Crippen LogP contribution in [0.15, 0.2) is 60.7 Å². The van der Waals surface area contributed by atoms with Crippen LogP contribution in [0.3, 0.4) is 0 Å². The lowest BCUT2D eigenvalue weighted by molar-refractivity contribution is 0.498. The van der Waals surface area contributed by atoms with Crippen LogP contribution in [-0.4, -0.2) is 6.04 Å². The van der Waals surface area contributed by atoms with Crippen LogP contribution in [0.1, 0.15) is 84.5 Å². The molecule has 0 aliphatic heterocycles. The van der Waals surface area contributed by atoms with Gasteiger partial charge in [-0.3, -0.25) is 0 Å². The molecule has 0 N–H and O–H groups in total. The highest BCUT2D eigenvalue weighted by molar-refractivity contribution is 5.63. The predicted octanol–water partition coefficient (Wildman–Crippen LogP) is 8.52. The first-order valence-corrected chi connectivity index (χ1v) is 11.3. The average Bonchev–Trinajstić information content (AvgIpc) is 2.72. The lowest BCUT2D eigenvalue weighted by Crippen LogP contribution is -2.31. The van der Waals surface area contributed by atoms with Crippen molar-refractivity contribution in [1.82, 2.24) is 0 Å². The molecule has 0 saturated carbocycles. The van der Waals surface area contributed by atoms with Crippen LogP contribution in [0.25, 0.3) is 0 Å². The van der Waals surface area contributed by atoms with Gasteiger partial charge in [0.1, 0.15) is 0 Å². The monoisotopic (exact) mass is 365 g/mol. The summed E-state index contributed by atoms with van der Waals surface area (Å²) in [4.78, 5) is 2.57. The molecule has 0 amide bonds. The van der Waals surface area contributed by atoms with Gasteiger partial charge in [0.2, 0.25) is 0 Å². The van der Waals surface area contributed by atoms with Gasteiger partial charge in [0.25, 0.3) is 0 Å². The minimum Gasteiger partial charge on any atom is -0.338 e. The third-order valence-corrected chi connectivity index (χ3v) is 5.45. The second-order valence-corrected chi connectivity index (χ2v) is 7.75. The van der Waals surface area contributed by atoms with Crippen LogP contribution in [0.4, 0.5) is 11.4 Å². The summed E-state index contributed by atoms with van der Waals surface area (Å²) in [5.41, 5.74) is 2.64. The Morgan fingerprint density at radius 3 is 1.52 bits per heavy atom. The van der Waals surface area contributed by atoms with Gasteiger partial charge in [-0.15, -0.1) is 0 Å². The van der Waals surface area contributed by atoms with Crippen molar-refractivity contribution in [2.24, 2.45) is 0 Å². The maximum atomic E-state index is 2.57. The molecule has 1 nitrogen and oxygen atoms in total. The highest BCUT2D eigenvalue weighted by Gasteiger charge is 2.19. The van der Waals surface area contributed by atoms with Gasteiger partial charge in [0, 0.05) is 17.4 Å². The van der Waals surface area contributed by atoms with E-state index in [2.05, 4.69) is 79.4 Å². The lowest BCUT2D eigenvalue weighted by Gasteiger charge is -2.34. The zero-order valence-electron chi connectivity index (χ0n) is 17.6. The molecule has 0 aromatic heterocycles. The molecule has 2 aromatic carbocycles. The summed E-state index contributed by atoms with van der Waals surface area (Å²) in [5, 5.41) is 0. The van der Waals surface area contributed by atoms with Crippen LogP contribution < -0.4 is 4.90 Å². The Labute approximate surface area is 167 Å². The van der Waals surface area contributed by atoms with Crippen molar-refractivity contribution in [2.45, 2.75) is 90.5 Å². The Balaban J connectivity index is 1.95. The molecule has 0 radical (unpaired) electrons. The van der Waals surface area contributed by atoms with E-state index in [1.807, 2.05) is 0 Å². The largest absolute Gasteiger partial charge is 0.338 e. The van der Waals surface area contributed by atoms with Crippen LogP contribution in [0, 0.1) is 0 Å². The summed E-state index contributed by atoms with van der Waals surface area (Å²) >= 11 is 0. The zero-order chi connectivity index (χ0) is 19.2. The summed E-state index contributed by atoms with van der Waals surface area (Å²) in [5.74, 6) is 0. The summed E-state index contributed by atoms with van der Waals surface area (Å²) < 4.78 is 0. The molecule has 2 rings (SSSR count). The molecule has 1 heteroatoms. The molecule has 1 atom stereocenters. The first-order chi connectivity index (χ1) is 13.4. The van der Waals surface area contributed by atoms with Crippen LogP contribution in [-0.2, 0) is 0 Å². The fourth-order valence-corrected chi connectivity index (χ4v) is 4.00. The molecule has 0 spiro atoms. The Morgan fingerprint density at radius 2 is 1.04 bits per heavy atom. The molecule has 0 bridgehead atoms. The molecule has 0 fully saturated rings. The normalized spacial score (nSPS) is 12.1. The standard InChI is InChI=1S/C26H39N/c1-3-5-6-7-8-9-10-13-19-24(18-4-2)27(25-20-14-11-15-21-25)26-22-16-12-17-23-26/h11-12,14-17,20-24H,3-10,13,18-19H2,1-2H3. The molecule has 0 heterocycles. The second-order valence-electron chi connectivity index (χ2n) is 7.75. The van der Waals surface area contributed by atoms with Gasteiger partial charge in [-0.05, 0) is 37.1 Å². The van der Waals surface area contributed by atoms with E-state index in [0.717, 1.165) is 0 Å². The Kier molecular flexibility index (Phi) is 10.7. The van der Waals surface area contributed by atoms with E-state index in [1.165, 1.54) is 82.0 Å². The average molecular weight is 366 g/mol. The first-order valence-electron chi connectivity index (χ1n) is 11.3. The summed E-state index contributed by atoms with van der Waals surface area (Å²) in [6.45, 7) is 4.61. The Hall–Kier alpha value is -1.76. The zero-order valence-corrected chi connectivity index (χ0v) is 17.6. The number of hydrogen-bond acceptors (Lipinski definition) is 1. The van der Waals surface area contributed by atoms with Crippen molar-refractivity contribution in [3.8, 4) is 0 Å². The maximum absolute atomic E-state index is 2.57. The minimum absolute atomic E-state index is 0.583. The number of nitrogens with zero attached hydrogens (tertiary/aromatic N) is 1. The SMILES string of the molecule is CCCCCCCCCCC(CCC)N(c1ccccc1)c1ccccc1. The number of unbranched alkanes of at least 4 members (excludes halogenated alkanes) is 7. The summed E-state index contributed by atoms with van der Waals surface area (Å²) in [6.07, 6.45) is 14.9. The third kappa shape index (κ3) is 7.79. The Morgan fingerprint density at radius 1 is 0.556 bits per heavy atom. The van der Waals surface area contributed by atoms with Crippen molar-refractivity contribution in [3.05, 3.63) is 60.7 Å². The van der Waals surface area contributed by atoms with Crippen molar-refractivity contribution in [3.63, 3.8) is 0 Å². The van der Waals surface area contributed by atoms with Gasteiger partial charge < -0.3 is 4.90 Å². The first kappa shape index (κ1) is 21.5. The van der Waals surface area contributed by atoms with Crippen molar-refractivity contribution in [1.29, 1.82) is 0 Å². The van der Waals surface area contributed by atoms with E-state index in [9.17, 15) is 0 Å². The molecule has 27 heavy (non-hydrogen) atoms. The van der Waals surface area contributed by atoms with Gasteiger partial charge in [0.05, 0.1) is 0 Å². The fraction of sp³-hybridized carbons (Fsp3) is 0.538. The molecule has 1 unspecified atom stereocenters. The van der Waals surface area contributed by atoms with Gasteiger partial charge in [-0.1, -0.05) is 108 Å². The second kappa shape index (κ2) is 13.4. The molecule has 148 valence electrons. The number of anilines is 2. The van der Waals surface area contributed by atoms with Gasteiger partial charge in [-0.2, -0.15) is 0 Å². The smallest absolute Gasteiger partial charge is 0.0413 e. The topological polar surface area (TPSA) is 3.24 Å². The van der Waals surface area contributed by atoms with E-state index in [4.69, 9.17) is 0 Å². The van der Waals surface area contributed by atoms with E-state index in [-0.39, 0.29) is 0 Å². The lowest BCUT2D eigenvalue weighted by atomic mass is 9.99. The quantitative estimate of drug-likeness (QED) is 0.303. The van der Waals surface area contributed by atoms with Gasteiger partial charge >= 0.3 is 0 Å². The van der Waals surface area contributed by atoms with Gasteiger partial charge in [0.15, 0.2) is 0 Å². The molecule has 0 aliphatic rings. The summed E-state index contributed by atoms with van der Waals surface area (Å²) in [6, 6.07) is 22.4. The highest BCUT2D eigenvalue weighted by Crippen LogP contribution is 2.31. The van der Waals surface area contributed by atoms with Gasteiger partial charge in [-0.25, -0.2) is 0 Å². The Bertz CT molecular complexity index is 538. The molecule has 0 aliphatic carbocycles. The molecule has 2 aromatic rings. The number of para-hydroxylation sites is 2. The van der Waals surface area contributed by atoms with Crippen molar-refractivity contribution >= 4 is 11.4 Å². The summed E-state index contributed by atoms with van der Waals surface area (Å²) in [7, 11) is 0. The number of hydrogen-bond donors (Lipinski definition) is 0.